The van der Waals surface area contributed by atoms with Gasteiger partial charge in [-0.05, 0) is 36.4 Å². The zero-order valence-corrected chi connectivity index (χ0v) is 13.0. The molecule has 0 spiro atoms. The van der Waals surface area contributed by atoms with Gasteiger partial charge in [0.15, 0.2) is 11.6 Å². The molecule has 1 heterocycles. The van der Waals surface area contributed by atoms with Crippen molar-refractivity contribution in [3.63, 3.8) is 0 Å². The first-order valence-corrected chi connectivity index (χ1v) is 7.26. The highest BCUT2D eigenvalue weighted by molar-refractivity contribution is 5.63. The molecule has 0 radical (unpaired) electrons. The Labute approximate surface area is 134 Å². The Morgan fingerprint density at radius 1 is 1.17 bits per heavy atom. The molecule has 0 amide bonds. The van der Waals surface area contributed by atoms with Gasteiger partial charge in [-0.3, -0.25) is 4.98 Å². The molecule has 23 heavy (non-hydrogen) atoms. The summed E-state index contributed by atoms with van der Waals surface area (Å²) in [5.74, 6) is 1.08. The van der Waals surface area contributed by atoms with Gasteiger partial charge < -0.3 is 14.8 Å². The van der Waals surface area contributed by atoms with Crippen LogP contribution in [0, 0.1) is 5.82 Å². The number of nitrogens with one attached hydrogen (secondary N) is 1. The number of benzene rings is 1. The third-order valence-electron chi connectivity index (χ3n) is 3.62. The lowest BCUT2D eigenvalue weighted by Gasteiger charge is -2.12. The average Bonchev–Trinajstić information content (AvgIpc) is 2.79. The molecule has 2 aromatic rings. The van der Waals surface area contributed by atoms with Crippen molar-refractivity contribution >= 4 is 11.8 Å². The van der Waals surface area contributed by atoms with Crippen molar-refractivity contribution in [2.45, 2.75) is 6.42 Å². The number of hydrogen-bond donors (Lipinski definition) is 1. The topological polar surface area (TPSA) is 43.4 Å². The molecule has 1 aliphatic rings. The van der Waals surface area contributed by atoms with Crippen molar-refractivity contribution in [2.24, 2.45) is 0 Å². The van der Waals surface area contributed by atoms with Crippen LogP contribution >= 0.6 is 0 Å². The Bertz CT molecular complexity index is 785. The Balaban J connectivity index is 1.94. The van der Waals surface area contributed by atoms with Crippen molar-refractivity contribution in [3.8, 4) is 11.5 Å². The fraction of sp³-hybridized carbons (Fsp3) is 0.167. The van der Waals surface area contributed by atoms with E-state index < -0.39 is 5.82 Å². The summed E-state index contributed by atoms with van der Waals surface area (Å²) < 4.78 is 25.1. The zero-order valence-electron chi connectivity index (χ0n) is 13.0. The van der Waals surface area contributed by atoms with Gasteiger partial charge in [0.1, 0.15) is 11.5 Å². The lowest BCUT2D eigenvalue weighted by Crippen LogP contribution is -1.97. The first-order valence-electron chi connectivity index (χ1n) is 7.26. The van der Waals surface area contributed by atoms with Crippen LogP contribution < -0.4 is 10.1 Å². The maximum Gasteiger partial charge on any atom is 0.167 e. The molecule has 118 valence electrons. The van der Waals surface area contributed by atoms with Crippen molar-refractivity contribution in [1.82, 2.24) is 4.98 Å². The van der Waals surface area contributed by atoms with E-state index in [1.54, 1.807) is 38.6 Å². The molecule has 3 rings (SSSR count). The number of hydrogen-bond acceptors (Lipinski definition) is 4. The van der Waals surface area contributed by atoms with Crippen LogP contribution in [0.1, 0.15) is 11.3 Å². The van der Waals surface area contributed by atoms with E-state index in [-0.39, 0.29) is 5.75 Å². The number of allylic oxidation sites excluding steroid dienone is 2. The van der Waals surface area contributed by atoms with Crippen LogP contribution in [0.4, 0.5) is 10.1 Å². The fourth-order valence-electron chi connectivity index (χ4n) is 2.37. The molecule has 0 aliphatic heterocycles. The molecule has 1 aromatic carbocycles. The fourth-order valence-corrected chi connectivity index (χ4v) is 2.37. The maximum atomic E-state index is 14.1. The molecular formula is C18H17FN2O2. The summed E-state index contributed by atoms with van der Waals surface area (Å²) in [6, 6.07) is 6.49. The van der Waals surface area contributed by atoms with Crippen molar-refractivity contribution in [1.29, 1.82) is 0 Å². The highest BCUT2D eigenvalue weighted by Gasteiger charge is 2.13. The van der Waals surface area contributed by atoms with Gasteiger partial charge in [-0.2, -0.15) is 0 Å². The highest BCUT2D eigenvalue weighted by Crippen LogP contribution is 2.32. The third kappa shape index (κ3) is 3.18. The van der Waals surface area contributed by atoms with E-state index in [1.165, 1.54) is 6.07 Å². The number of nitrogens with zero attached hydrogens (tertiary/aromatic N) is 1. The van der Waals surface area contributed by atoms with E-state index in [9.17, 15) is 4.39 Å². The average molecular weight is 312 g/mol. The highest BCUT2D eigenvalue weighted by atomic mass is 19.1. The Morgan fingerprint density at radius 3 is 2.78 bits per heavy atom. The number of methoxy groups -OCH3 is 1. The van der Waals surface area contributed by atoms with Gasteiger partial charge in [0.05, 0.1) is 12.8 Å². The largest absolute Gasteiger partial charge is 0.497 e. The number of fused-ring (bicyclic) bond motifs is 1. The molecule has 0 atom stereocenters. The monoisotopic (exact) mass is 312 g/mol. The summed E-state index contributed by atoms with van der Waals surface area (Å²) in [5, 5.41) is 2.89. The number of pyridine rings is 1. The Kier molecular flexibility index (Phi) is 4.28. The van der Waals surface area contributed by atoms with Gasteiger partial charge in [0.25, 0.3) is 0 Å². The SMILES string of the molecule is CNc1ccc(Oc2ccnc3c2C=CC(OC)=CC3)c(F)c1. The van der Waals surface area contributed by atoms with Crippen LogP contribution in [0.2, 0.25) is 0 Å². The standard InChI is InChI=1S/C18H17FN2O2/c1-20-12-3-8-18(15(19)11-12)23-17-9-10-21-16-7-5-13(22-2)4-6-14(16)17/h3-6,8-11,20H,7H2,1-2H3. The Morgan fingerprint density at radius 2 is 2.04 bits per heavy atom. The van der Waals surface area contributed by atoms with Gasteiger partial charge in [-0.15, -0.1) is 0 Å². The molecule has 1 aliphatic carbocycles. The van der Waals surface area contributed by atoms with Gasteiger partial charge in [0, 0.05) is 37.0 Å². The quantitative estimate of drug-likeness (QED) is 0.921. The molecule has 1 N–H and O–H groups in total. The molecule has 0 saturated heterocycles. The first-order chi connectivity index (χ1) is 11.2. The maximum absolute atomic E-state index is 14.1. The van der Waals surface area contributed by atoms with Crippen LogP contribution in [-0.2, 0) is 11.2 Å². The summed E-state index contributed by atoms with van der Waals surface area (Å²) in [7, 11) is 3.36. The van der Waals surface area contributed by atoms with Crippen molar-refractivity contribution < 1.29 is 13.9 Å². The second-order valence-electron chi connectivity index (χ2n) is 5.01. The number of aromatic nitrogens is 1. The number of ether oxygens (including phenoxy) is 2. The molecule has 0 fully saturated rings. The van der Waals surface area contributed by atoms with E-state index in [0.717, 1.165) is 17.0 Å². The Hall–Kier alpha value is -2.82. The van der Waals surface area contributed by atoms with Crippen molar-refractivity contribution in [3.05, 3.63) is 65.4 Å². The minimum Gasteiger partial charge on any atom is -0.497 e. The van der Waals surface area contributed by atoms with Gasteiger partial charge in [-0.25, -0.2) is 4.39 Å². The van der Waals surface area contributed by atoms with E-state index in [0.29, 0.717) is 17.9 Å². The summed E-state index contributed by atoms with van der Waals surface area (Å²) >= 11 is 0. The molecule has 5 heteroatoms. The zero-order chi connectivity index (χ0) is 16.2. The molecular weight excluding hydrogens is 295 g/mol. The normalized spacial score (nSPS) is 12.9. The van der Waals surface area contributed by atoms with Gasteiger partial charge in [-0.1, -0.05) is 0 Å². The summed E-state index contributed by atoms with van der Waals surface area (Å²) in [6.07, 6.45) is 7.96. The molecule has 4 nitrogen and oxygen atoms in total. The number of anilines is 1. The first kappa shape index (κ1) is 15.1. The molecule has 1 aromatic heterocycles. The van der Waals surface area contributed by atoms with E-state index in [4.69, 9.17) is 9.47 Å². The van der Waals surface area contributed by atoms with E-state index in [1.807, 2.05) is 18.2 Å². The van der Waals surface area contributed by atoms with Crippen molar-refractivity contribution in [2.75, 3.05) is 19.5 Å². The number of halogens is 1. The molecule has 0 saturated carbocycles. The minimum atomic E-state index is -0.421. The molecule has 0 unspecified atom stereocenters. The predicted molar refractivity (Wildman–Crippen MR) is 88.1 cm³/mol. The number of rotatable bonds is 4. The lowest BCUT2D eigenvalue weighted by molar-refractivity contribution is 0.306. The van der Waals surface area contributed by atoms with E-state index >= 15 is 0 Å². The van der Waals surface area contributed by atoms with E-state index in [2.05, 4.69) is 10.3 Å². The lowest BCUT2D eigenvalue weighted by atomic mass is 10.1. The summed E-state index contributed by atoms with van der Waals surface area (Å²) in [6.45, 7) is 0. The van der Waals surface area contributed by atoms with Gasteiger partial charge >= 0.3 is 0 Å². The third-order valence-corrected chi connectivity index (χ3v) is 3.62. The molecule has 0 bridgehead atoms. The second-order valence-corrected chi connectivity index (χ2v) is 5.01. The predicted octanol–water partition coefficient (Wildman–Crippen LogP) is 4.15. The summed E-state index contributed by atoms with van der Waals surface area (Å²) in [5.41, 5.74) is 2.38. The summed E-state index contributed by atoms with van der Waals surface area (Å²) in [4.78, 5) is 4.36. The van der Waals surface area contributed by atoms with Crippen LogP contribution in [-0.4, -0.2) is 19.1 Å². The smallest absolute Gasteiger partial charge is 0.167 e. The van der Waals surface area contributed by atoms with Crippen LogP contribution in [0.15, 0.2) is 48.4 Å². The van der Waals surface area contributed by atoms with Crippen LogP contribution in [0.5, 0.6) is 11.5 Å². The van der Waals surface area contributed by atoms with Gasteiger partial charge in [0.2, 0.25) is 0 Å². The van der Waals surface area contributed by atoms with Crippen LogP contribution in [0.3, 0.4) is 0 Å². The minimum absolute atomic E-state index is 0.176. The van der Waals surface area contributed by atoms with Crippen LogP contribution in [0.25, 0.3) is 6.08 Å². The second kappa shape index (κ2) is 6.52.